The van der Waals surface area contributed by atoms with E-state index in [2.05, 4.69) is 6.07 Å². The molecule has 1 atom stereocenters. The van der Waals surface area contributed by atoms with E-state index in [0.717, 1.165) is 6.42 Å². The summed E-state index contributed by atoms with van der Waals surface area (Å²) in [5.74, 6) is -0.108. The van der Waals surface area contributed by atoms with Gasteiger partial charge in [-0.05, 0) is 18.9 Å². The quantitative estimate of drug-likeness (QED) is 0.742. The molecule has 18 heavy (non-hydrogen) atoms. The first-order valence-corrected chi connectivity index (χ1v) is 6.42. The lowest BCUT2D eigenvalue weighted by atomic mass is 10.1. The van der Waals surface area contributed by atoms with Crippen LogP contribution in [-0.2, 0) is 11.2 Å². The van der Waals surface area contributed by atoms with Crippen molar-refractivity contribution in [2.24, 2.45) is 0 Å². The molecule has 0 saturated carbocycles. The van der Waals surface area contributed by atoms with Gasteiger partial charge >= 0.3 is 0 Å². The summed E-state index contributed by atoms with van der Waals surface area (Å²) in [4.78, 5) is 13.5. The van der Waals surface area contributed by atoms with Crippen LogP contribution in [0.25, 0.3) is 0 Å². The summed E-state index contributed by atoms with van der Waals surface area (Å²) in [5.41, 5.74) is 1.18. The Labute approximate surface area is 113 Å². The fraction of sp³-hybridized carbons (Fsp3) is 0.429. The van der Waals surface area contributed by atoms with Crippen molar-refractivity contribution in [2.75, 3.05) is 13.1 Å². The van der Waals surface area contributed by atoms with Gasteiger partial charge in [0.25, 0.3) is 0 Å². The van der Waals surface area contributed by atoms with E-state index < -0.39 is 5.38 Å². The van der Waals surface area contributed by atoms with Gasteiger partial charge in [-0.1, -0.05) is 30.3 Å². The fourth-order valence-corrected chi connectivity index (χ4v) is 1.82. The second-order valence-electron chi connectivity index (χ2n) is 4.09. The molecule has 1 aromatic rings. The number of carbonyl (C=O) groups excluding carboxylic acids is 1. The fourth-order valence-electron chi connectivity index (χ4n) is 1.68. The minimum atomic E-state index is -0.542. The Hall–Kier alpha value is -1.53. The molecule has 0 N–H and O–H groups in total. The summed E-state index contributed by atoms with van der Waals surface area (Å²) in [6.07, 6.45) is 1.12. The number of rotatable bonds is 6. The topological polar surface area (TPSA) is 44.1 Å². The molecule has 0 aliphatic rings. The summed E-state index contributed by atoms with van der Waals surface area (Å²) in [6, 6.07) is 12.0. The third kappa shape index (κ3) is 4.77. The van der Waals surface area contributed by atoms with E-state index in [1.54, 1.807) is 11.8 Å². The molecule has 4 heteroatoms. The molecule has 0 radical (unpaired) electrons. The van der Waals surface area contributed by atoms with Crippen molar-refractivity contribution in [2.45, 2.75) is 25.1 Å². The first kappa shape index (κ1) is 14.5. The molecule has 0 aliphatic heterocycles. The van der Waals surface area contributed by atoms with Gasteiger partial charge in [0.15, 0.2) is 0 Å². The van der Waals surface area contributed by atoms with Gasteiger partial charge in [0, 0.05) is 13.1 Å². The lowest BCUT2D eigenvalue weighted by Crippen LogP contribution is -2.37. The van der Waals surface area contributed by atoms with Crippen molar-refractivity contribution in [1.82, 2.24) is 4.90 Å². The zero-order valence-corrected chi connectivity index (χ0v) is 11.2. The van der Waals surface area contributed by atoms with Crippen molar-refractivity contribution >= 4 is 17.5 Å². The highest BCUT2D eigenvalue weighted by molar-refractivity contribution is 6.30. The molecule has 0 bridgehead atoms. The van der Waals surface area contributed by atoms with Crippen molar-refractivity contribution in [3.8, 4) is 6.07 Å². The first-order valence-electron chi connectivity index (χ1n) is 5.99. The van der Waals surface area contributed by atoms with Crippen LogP contribution in [0.1, 0.15) is 18.9 Å². The van der Waals surface area contributed by atoms with Crippen LogP contribution in [0.3, 0.4) is 0 Å². The van der Waals surface area contributed by atoms with Crippen molar-refractivity contribution in [3.63, 3.8) is 0 Å². The summed E-state index contributed by atoms with van der Waals surface area (Å²) in [6.45, 7) is 2.70. The van der Waals surface area contributed by atoms with E-state index in [0.29, 0.717) is 19.5 Å². The lowest BCUT2D eigenvalue weighted by Gasteiger charge is -2.22. The van der Waals surface area contributed by atoms with Crippen LogP contribution in [0.4, 0.5) is 0 Å². The van der Waals surface area contributed by atoms with Crippen LogP contribution in [0.2, 0.25) is 0 Å². The zero-order chi connectivity index (χ0) is 13.4. The molecule has 1 aromatic carbocycles. The predicted molar refractivity (Wildman–Crippen MR) is 72.3 cm³/mol. The standard InChI is InChI=1S/C14H17ClN2O/c1-12(15)14(18)17(10-5-9-16)11-8-13-6-3-2-4-7-13/h2-4,6-7,12H,5,8,10-11H2,1H3. The Bertz CT molecular complexity index is 412. The summed E-state index contributed by atoms with van der Waals surface area (Å²) >= 11 is 5.81. The van der Waals surface area contributed by atoms with E-state index >= 15 is 0 Å². The van der Waals surface area contributed by atoms with Gasteiger partial charge in [0.2, 0.25) is 5.91 Å². The number of nitrogens with zero attached hydrogens (tertiary/aromatic N) is 2. The van der Waals surface area contributed by atoms with Gasteiger partial charge < -0.3 is 4.90 Å². The largest absolute Gasteiger partial charge is 0.340 e. The first-order chi connectivity index (χ1) is 8.65. The van der Waals surface area contributed by atoms with Crippen molar-refractivity contribution in [1.29, 1.82) is 5.26 Å². The molecule has 0 fully saturated rings. The van der Waals surface area contributed by atoms with Crippen LogP contribution in [-0.4, -0.2) is 29.3 Å². The molecule has 96 valence electrons. The molecule has 0 heterocycles. The monoisotopic (exact) mass is 264 g/mol. The van der Waals surface area contributed by atoms with Crippen LogP contribution < -0.4 is 0 Å². The number of amides is 1. The second kappa shape index (κ2) is 7.73. The lowest BCUT2D eigenvalue weighted by molar-refractivity contribution is -0.130. The number of alkyl halides is 1. The second-order valence-corrected chi connectivity index (χ2v) is 4.74. The normalized spacial score (nSPS) is 11.6. The molecule has 0 spiro atoms. The molecule has 3 nitrogen and oxygen atoms in total. The highest BCUT2D eigenvalue weighted by Crippen LogP contribution is 2.06. The van der Waals surface area contributed by atoms with E-state index in [-0.39, 0.29) is 5.91 Å². The van der Waals surface area contributed by atoms with Crippen LogP contribution in [0.5, 0.6) is 0 Å². The van der Waals surface area contributed by atoms with E-state index in [1.807, 2.05) is 30.3 Å². The molecule has 0 aliphatic carbocycles. The van der Waals surface area contributed by atoms with Crippen LogP contribution in [0.15, 0.2) is 30.3 Å². The number of hydrogen-bond acceptors (Lipinski definition) is 2. The predicted octanol–water partition coefficient (Wildman–Crippen LogP) is 2.60. The Morgan fingerprint density at radius 1 is 1.39 bits per heavy atom. The average Bonchev–Trinajstić information content (AvgIpc) is 2.39. The highest BCUT2D eigenvalue weighted by Gasteiger charge is 2.17. The SMILES string of the molecule is CC(Cl)C(=O)N(CCC#N)CCc1ccccc1. The molecular formula is C14H17ClN2O. The van der Waals surface area contributed by atoms with Crippen LogP contribution in [0, 0.1) is 11.3 Å². The molecular weight excluding hydrogens is 248 g/mol. The Morgan fingerprint density at radius 2 is 2.06 bits per heavy atom. The number of nitriles is 1. The van der Waals surface area contributed by atoms with Gasteiger partial charge in [0.05, 0.1) is 12.5 Å². The number of benzene rings is 1. The summed E-state index contributed by atoms with van der Waals surface area (Å²) in [7, 11) is 0. The number of halogens is 1. The highest BCUT2D eigenvalue weighted by atomic mass is 35.5. The third-order valence-corrected chi connectivity index (χ3v) is 2.85. The van der Waals surface area contributed by atoms with Gasteiger partial charge in [-0.15, -0.1) is 11.6 Å². The van der Waals surface area contributed by atoms with Gasteiger partial charge in [-0.2, -0.15) is 5.26 Å². The molecule has 0 aromatic heterocycles. The minimum absolute atomic E-state index is 0.108. The summed E-state index contributed by atoms with van der Waals surface area (Å²) < 4.78 is 0. The maximum atomic E-state index is 11.9. The number of carbonyl (C=O) groups is 1. The van der Waals surface area contributed by atoms with E-state index in [1.165, 1.54) is 5.56 Å². The molecule has 1 rings (SSSR count). The smallest absolute Gasteiger partial charge is 0.240 e. The average molecular weight is 265 g/mol. The molecule has 0 saturated heterocycles. The minimum Gasteiger partial charge on any atom is -0.340 e. The van der Waals surface area contributed by atoms with E-state index in [9.17, 15) is 4.79 Å². The Balaban J connectivity index is 2.56. The zero-order valence-electron chi connectivity index (χ0n) is 10.5. The van der Waals surface area contributed by atoms with Gasteiger partial charge in [-0.3, -0.25) is 4.79 Å². The van der Waals surface area contributed by atoms with Crippen molar-refractivity contribution in [3.05, 3.63) is 35.9 Å². The maximum absolute atomic E-state index is 11.9. The maximum Gasteiger partial charge on any atom is 0.240 e. The third-order valence-electron chi connectivity index (χ3n) is 2.66. The molecule has 1 unspecified atom stereocenters. The summed E-state index contributed by atoms with van der Waals surface area (Å²) in [5, 5.41) is 8.06. The van der Waals surface area contributed by atoms with Crippen LogP contribution >= 0.6 is 11.6 Å². The number of hydrogen-bond donors (Lipinski definition) is 0. The molecule has 1 amide bonds. The Morgan fingerprint density at radius 3 is 2.61 bits per heavy atom. The van der Waals surface area contributed by atoms with Crippen molar-refractivity contribution < 1.29 is 4.79 Å². The van der Waals surface area contributed by atoms with Gasteiger partial charge in [-0.25, -0.2) is 0 Å². The Kier molecular flexibility index (Phi) is 6.24. The van der Waals surface area contributed by atoms with E-state index in [4.69, 9.17) is 16.9 Å². The van der Waals surface area contributed by atoms with Gasteiger partial charge in [0.1, 0.15) is 5.38 Å².